The molecular formula is C9H17N2S+. The molecule has 0 unspecified atom stereocenters. The second-order valence-electron chi connectivity index (χ2n) is 2.80. The van der Waals surface area contributed by atoms with E-state index in [-0.39, 0.29) is 0 Å². The van der Waals surface area contributed by atoms with Crippen LogP contribution in [-0.2, 0) is 13.0 Å². The molecule has 0 spiro atoms. The van der Waals surface area contributed by atoms with Gasteiger partial charge in [-0.05, 0) is 18.4 Å². The molecule has 0 atom stereocenters. The third kappa shape index (κ3) is 2.55. The standard InChI is InChI=1S/C9H16N2S/c1-3-9-10-5-7-11(9)6-4-8-12-2/h5,7H,3-4,6,8H2,1-2H3/p+1. The average molecular weight is 185 g/mol. The van der Waals surface area contributed by atoms with E-state index in [4.69, 9.17) is 0 Å². The summed E-state index contributed by atoms with van der Waals surface area (Å²) in [5.41, 5.74) is 0. The number of imidazole rings is 1. The van der Waals surface area contributed by atoms with Crippen LogP contribution in [0.1, 0.15) is 19.2 Å². The molecule has 1 aromatic heterocycles. The molecule has 12 heavy (non-hydrogen) atoms. The summed E-state index contributed by atoms with van der Waals surface area (Å²) in [7, 11) is 0. The molecule has 0 aliphatic carbocycles. The Balaban J connectivity index is 2.39. The van der Waals surface area contributed by atoms with Gasteiger partial charge in [0.15, 0.2) is 0 Å². The maximum atomic E-state index is 3.24. The average Bonchev–Trinajstić information content (AvgIpc) is 2.52. The zero-order chi connectivity index (χ0) is 8.81. The van der Waals surface area contributed by atoms with Gasteiger partial charge in [0.05, 0.1) is 6.54 Å². The number of aryl methyl sites for hydroxylation is 2. The molecule has 1 aromatic rings. The normalized spacial score (nSPS) is 10.5. The SMILES string of the molecule is CCc1[nH]cc[n+]1CCCSC. The Labute approximate surface area is 78.4 Å². The minimum absolute atomic E-state index is 1.09. The summed E-state index contributed by atoms with van der Waals surface area (Å²) in [5.74, 6) is 2.58. The van der Waals surface area contributed by atoms with Gasteiger partial charge in [0, 0.05) is 6.42 Å². The first-order valence-electron chi connectivity index (χ1n) is 4.43. The first-order valence-corrected chi connectivity index (χ1v) is 5.82. The van der Waals surface area contributed by atoms with Crippen molar-refractivity contribution in [1.29, 1.82) is 0 Å². The minimum atomic E-state index is 1.09. The van der Waals surface area contributed by atoms with Gasteiger partial charge < -0.3 is 0 Å². The van der Waals surface area contributed by atoms with Gasteiger partial charge in [-0.3, -0.25) is 0 Å². The number of nitrogens with zero attached hydrogens (tertiary/aromatic N) is 1. The van der Waals surface area contributed by atoms with Crippen molar-refractivity contribution >= 4 is 11.8 Å². The van der Waals surface area contributed by atoms with Crippen LogP contribution >= 0.6 is 11.8 Å². The van der Waals surface area contributed by atoms with E-state index in [0.717, 1.165) is 13.0 Å². The molecule has 1 N–H and O–H groups in total. The zero-order valence-corrected chi connectivity index (χ0v) is 8.66. The fourth-order valence-corrected chi connectivity index (χ4v) is 1.71. The highest BCUT2D eigenvalue weighted by Gasteiger charge is 2.05. The molecular weight excluding hydrogens is 168 g/mol. The monoisotopic (exact) mass is 185 g/mol. The van der Waals surface area contributed by atoms with Gasteiger partial charge in [0.25, 0.3) is 5.82 Å². The highest BCUT2D eigenvalue weighted by molar-refractivity contribution is 7.98. The van der Waals surface area contributed by atoms with Crippen LogP contribution in [0.3, 0.4) is 0 Å². The molecule has 1 rings (SSSR count). The van der Waals surface area contributed by atoms with E-state index in [9.17, 15) is 0 Å². The molecule has 0 aliphatic heterocycles. The molecule has 0 radical (unpaired) electrons. The molecule has 0 saturated heterocycles. The molecule has 0 fully saturated rings. The smallest absolute Gasteiger partial charge is 0.248 e. The summed E-state index contributed by atoms with van der Waals surface area (Å²) in [6.45, 7) is 3.32. The van der Waals surface area contributed by atoms with Crippen LogP contribution in [0.2, 0.25) is 0 Å². The topological polar surface area (TPSA) is 19.7 Å². The molecule has 2 nitrogen and oxygen atoms in total. The van der Waals surface area contributed by atoms with E-state index >= 15 is 0 Å². The molecule has 3 heteroatoms. The van der Waals surface area contributed by atoms with Crippen LogP contribution in [-0.4, -0.2) is 17.0 Å². The maximum absolute atomic E-state index is 3.24. The molecule has 0 aliphatic rings. The fraction of sp³-hybridized carbons (Fsp3) is 0.667. The summed E-state index contributed by atoms with van der Waals surface area (Å²) in [6, 6.07) is 0. The lowest BCUT2D eigenvalue weighted by Gasteiger charge is -1.97. The van der Waals surface area contributed by atoms with Crippen molar-refractivity contribution in [2.24, 2.45) is 0 Å². The number of aromatic amines is 1. The summed E-state index contributed by atoms with van der Waals surface area (Å²) in [4.78, 5) is 3.24. The second kappa shape index (κ2) is 5.25. The Morgan fingerprint density at radius 1 is 1.58 bits per heavy atom. The van der Waals surface area contributed by atoms with Crippen molar-refractivity contribution in [2.75, 3.05) is 12.0 Å². The molecule has 0 bridgehead atoms. The lowest BCUT2D eigenvalue weighted by molar-refractivity contribution is -0.702. The Hall–Kier alpha value is -0.440. The van der Waals surface area contributed by atoms with Gasteiger partial charge in [0.2, 0.25) is 0 Å². The van der Waals surface area contributed by atoms with E-state index in [1.165, 1.54) is 18.0 Å². The highest BCUT2D eigenvalue weighted by atomic mass is 32.2. The molecule has 68 valence electrons. The Morgan fingerprint density at radius 3 is 3.08 bits per heavy atom. The second-order valence-corrected chi connectivity index (χ2v) is 3.79. The van der Waals surface area contributed by atoms with Crippen molar-refractivity contribution in [3.8, 4) is 0 Å². The molecule has 0 amide bonds. The Morgan fingerprint density at radius 2 is 2.42 bits per heavy atom. The van der Waals surface area contributed by atoms with E-state index in [1.54, 1.807) is 0 Å². The number of aromatic nitrogens is 2. The summed E-state index contributed by atoms with van der Waals surface area (Å²) in [5, 5.41) is 0. The summed E-state index contributed by atoms with van der Waals surface area (Å²) in [6.07, 6.45) is 8.64. The van der Waals surface area contributed by atoms with Crippen molar-refractivity contribution in [3.63, 3.8) is 0 Å². The number of hydrogen-bond donors (Lipinski definition) is 1. The van der Waals surface area contributed by atoms with Crippen molar-refractivity contribution in [1.82, 2.24) is 4.98 Å². The first kappa shape index (κ1) is 9.65. The summed E-state index contributed by atoms with van der Waals surface area (Å²) < 4.78 is 2.30. The van der Waals surface area contributed by atoms with Crippen molar-refractivity contribution in [2.45, 2.75) is 26.3 Å². The van der Waals surface area contributed by atoms with Crippen LogP contribution in [0, 0.1) is 0 Å². The van der Waals surface area contributed by atoms with Crippen LogP contribution in [0.5, 0.6) is 0 Å². The maximum Gasteiger partial charge on any atom is 0.253 e. The van der Waals surface area contributed by atoms with Gasteiger partial charge in [-0.1, -0.05) is 6.92 Å². The third-order valence-corrected chi connectivity index (χ3v) is 2.63. The fourth-order valence-electron chi connectivity index (χ4n) is 1.29. The molecule has 0 aromatic carbocycles. The predicted molar refractivity (Wildman–Crippen MR) is 53.4 cm³/mol. The van der Waals surface area contributed by atoms with Crippen LogP contribution in [0.4, 0.5) is 0 Å². The Kier molecular flexibility index (Phi) is 4.22. The number of hydrogen-bond acceptors (Lipinski definition) is 1. The predicted octanol–water partition coefficient (Wildman–Crippen LogP) is 1.62. The third-order valence-electron chi connectivity index (χ3n) is 1.93. The molecule has 0 saturated carbocycles. The van der Waals surface area contributed by atoms with Gasteiger partial charge in [0.1, 0.15) is 12.4 Å². The van der Waals surface area contributed by atoms with E-state index < -0.39 is 0 Å². The van der Waals surface area contributed by atoms with Crippen LogP contribution in [0.15, 0.2) is 12.4 Å². The summed E-state index contributed by atoms with van der Waals surface area (Å²) >= 11 is 1.91. The number of thioether (sulfide) groups is 1. The number of nitrogens with one attached hydrogen (secondary N) is 1. The largest absolute Gasteiger partial charge is 0.253 e. The van der Waals surface area contributed by atoms with E-state index in [2.05, 4.69) is 28.9 Å². The van der Waals surface area contributed by atoms with Gasteiger partial charge in [-0.25, -0.2) is 9.55 Å². The Bertz CT molecular complexity index is 220. The van der Waals surface area contributed by atoms with Gasteiger partial charge >= 0.3 is 0 Å². The zero-order valence-electron chi connectivity index (χ0n) is 7.84. The van der Waals surface area contributed by atoms with Crippen molar-refractivity contribution < 1.29 is 4.57 Å². The lowest BCUT2D eigenvalue weighted by atomic mass is 10.4. The van der Waals surface area contributed by atoms with E-state index in [1.807, 2.05) is 18.0 Å². The van der Waals surface area contributed by atoms with E-state index in [0.29, 0.717) is 0 Å². The lowest BCUT2D eigenvalue weighted by Crippen LogP contribution is -2.36. The number of H-pyrrole nitrogens is 1. The quantitative estimate of drug-likeness (QED) is 0.546. The first-order chi connectivity index (χ1) is 5.88. The minimum Gasteiger partial charge on any atom is -0.248 e. The van der Waals surface area contributed by atoms with Gasteiger partial charge in [-0.2, -0.15) is 11.8 Å². The molecule has 1 heterocycles. The van der Waals surface area contributed by atoms with Crippen molar-refractivity contribution in [3.05, 3.63) is 18.2 Å². The van der Waals surface area contributed by atoms with Crippen LogP contribution < -0.4 is 4.57 Å². The van der Waals surface area contributed by atoms with Crippen LogP contribution in [0.25, 0.3) is 0 Å². The number of rotatable bonds is 5. The highest BCUT2D eigenvalue weighted by Crippen LogP contribution is 1.96. The van der Waals surface area contributed by atoms with Gasteiger partial charge in [-0.15, -0.1) is 0 Å².